The summed E-state index contributed by atoms with van der Waals surface area (Å²) in [4.78, 5) is 31.0. The number of benzene rings is 2. The van der Waals surface area contributed by atoms with E-state index < -0.39 is 11.6 Å². The molecule has 7 heteroatoms. The summed E-state index contributed by atoms with van der Waals surface area (Å²) in [5, 5.41) is 4.19. The van der Waals surface area contributed by atoms with Crippen molar-refractivity contribution in [3.8, 4) is 0 Å². The molecule has 0 aliphatic carbocycles. The van der Waals surface area contributed by atoms with Crippen molar-refractivity contribution in [3.05, 3.63) is 69.0 Å². The number of fused-ring (bicyclic) bond motifs is 2. The number of carbonyl (C=O) groups is 2. The van der Waals surface area contributed by atoms with Gasteiger partial charge < -0.3 is 10.2 Å². The molecule has 0 bridgehead atoms. The molecule has 1 aromatic heterocycles. The van der Waals surface area contributed by atoms with Crippen LogP contribution in [0.25, 0.3) is 10.1 Å². The fraction of sp³-hybridized carbons (Fsp3) is 0.360. The van der Waals surface area contributed by atoms with Crippen LogP contribution >= 0.6 is 27.3 Å². The zero-order valence-corrected chi connectivity index (χ0v) is 20.6. The van der Waals surface area contributed by atoms with E-state index in [9.17, 15) is 9.59 Å². The third-order valence-corrected chi connectivity index (χ3v) is 8.18. The first-order chi connectivity index (χ1) is 15.3. The number of carbonyl (C=O) groups excluding carboxylic acids is 2. The van der Waals surface area contributed by atoms with Gasteiger partial charge in [-0.3, -0.25) is 14.5 Å². The van der Waals surface area contributed by atoms with Gasteiger partial charge in [0.25, 0.3) is 0 Å². The number of amides is 2. The molecule has 2 aliphatic heterocycles. The molecule has 5 nitrogen and oxygen atoms in total. The van der Waals surface area contributed by atoms with E-state index in [0.717, 1.165) is 24.0 Å². The maximum atomic E-state index is 12.8. The molecule has 0 spiro atoms. The predicted molar refractivity (Wildman–Crippen MR) is 132 cm³/mol. The van der Waals surface area contributed by atoms with Crippen LogP contribution < -0.4 is 5.32 Å². The quantitative estimate of drug-likeness (QED) is 0.571. The van der Waals surface area contributed by atoms with Crippen molar-refractivity contribution in [2.75, 3.05) is 19.6 Å². The normalized spacial score (nSPS) is 21.0. The van der Waals surface area contributed by atoms with E-state index >= 15 is 0 Å². The third kappa shape index (κ3) is 3.98. The van der Waals surface area contributed by atoms with Crippen molar-refractivity contribution in [2.45, 2.75) is 38.4 Å². The number of halogens is 1. The maximum absolute atomic E-state index is 12.8. The van der Waals surface area contributed by atoms with Gasteiger partial charge in [0, 0.05) is 46.6 Å². The molecule has 1 unspecified atom stereocenters. The summed E-state index contributed by atoms with van der Waals surface area (Å²) in [6, 6.07) is 16.6. The van der Waals surface area contributed by atoms with Crippen molar-refractivity contribution < 1.29 is 9.59 Å². The first-order valence-corrected chi connectivity index (χ1v) is 12.5. The summed E-state index contributed by atoms with van der Waals surface area (Å²) < 4.78 is 2.37. The molecule has 3 aromatic rings. The van der Waals surface area contributed by atoms with E-state index in [1.807, 2.05) is 11.3 Å². The van der Waals surface area contributed by atoms with E-state index in [-0.39, 0.29) is 11.8 Å². The van der Waals surface area contributed by atoms with Gasteiger partial charge in [0.15, 0.2) is 0 Å². The van der Waals surface area contributed by atoms with Gasteiger partial charge in [0.1, 0.15) is 11.6 Å². The second-order valence-corrected chi connectivity index (χ2v) is 11.2. The lowest BCUT2D eigenvalue weighted by atomic mass is 9.95. The largest absolute Gasteiger partial charge is 0.340 e. The van der Waals surface area contributed by atoms with Crippen LogP contribution in [0, 0.1) is 0 Å². The van der Waals surface area contributed by atoms with E-state index in [1.54, 1.807) is 18.7 Å². The van der Waals surface area contributed by atoms with Crippen LogP contribution in [0.2, 0.25) is 0 Å². The third-order valence-electron chi connectivity index (χ3n) is 6.44. The van der Waals surface area contributed by atoms with Crippen molar-refractivity contribution in [1.29, 1.82) is 0 Å². The van der Waals surface area contributed by atoms with E-state index in [2.05, 4.69) is 74.7 Å². The SMILES string of the molecule is CC1(C)NC(=O)C2CN(Cc3c(Cc4ccc(Br)cc4)sc4ccccc34)CCN2C1=O. The highest BCUT2D eigenvalue weighted by Crippen LogP contribution is 2.35. The predicted octanol–water partition coefficient (Wildman–Crippen LogP) is 4.18. The maximum Gasteiger partial charge on any atom is 0.248 e. The molecular weight excluding hydrogens is 486 g/mol. The molecule has 5 rings (SSSR count). The lowest BCUT2D eigenvalue weighted by Crippen LogP contribution is -2.72. The first-order valence-electron chi connectivity index (χ1n) is 10.9. The summed E-state index contributed by atoms with van der Waals surface area (Å²) >= 11 is 5.37. The van der Waals surface area contributed by atoms with Gasteiger partial charge >= 0.3 is 0 Å². The van der Waals surface area contributed by atoms with Crippen LogP contribution in [0.4, 0.5) is 0 Å². The monoisotopic (exact) mass is 511 g/mol. The first kappa shape index (κ1) is 21.6. The van der Waals surface area contributed by atoms with Crippen LogP contribution in [0.3, 0.4) is 0 Å². The molecule has 2 aromatic carbocycles. The van der Waals surface area contributed by atoms with Crippen molar-refractivity contribution >= 4 is 49.2 Å². The Kier molecular flexibility index (Phi) is 5.60. The number of hydrogen-bond donors (Lipinski definition) is 1. The van der Waals surface area contributed by atoms with Gasteiger partial charge in [-0.15, -0.1) is 11.3 Å². The Morgan fingerprint density at radius 3 is 2.62 bits per heavy atom. The smallest absolute Gasteiger partial charge is 0.248 e. The second-order valence-electron chi connectivity index (χ2n) is 9.17. The number of rotatable bonds is 4. The Morgan fingerprint density at radius 1 is 1.09 bits per heavy atom. The molecule has 0 saturated carbocycles. The van der Waals surface area contributed by atoms with Gasteiger partial charge in [0.05, 0.1) is 0 Å². The molecule has 2 fully saturated rings. The minimum Gasteiger partial charge on any atom is -0.340 e. The number of hydrogen-bond acceptors (Lipinski definition) is 4. The summed E-state index contributed by atoms with van der Waals surface area (Å²) in [5.41, 5.74) is 1.80. The topological polar surface area (TPSA) is 52.7 Å². The minimum absolute atomic E-state index is 0.0126. The molecule has 32 heavy (non-hydrogen) atoms. The number of piperazine rings is 2. The van der Waals surface area contributed by atoms with Gasteiger partial charge in [0.2, 0.25) is 11.8 Å². The summed E-state index contributed by atoms with van der Waals surface area (Å²) in [6.07, 6.45) is 0.887. The van der Waals surface area contributed by atoms with Crippen LogP contribution in [-0.4, -0.2) is 52.8 Å². The van der Waals surface area contributed by atoms with Gasteiger partial charge in [-0.05, 0) is 48.6 Å². The highest BCUT2D eigenvalue weighted by atomic mass is 79.9. The highest BCUT2D eigenvalue weighted by Gasteiger charge is 2.47. The lowest BCUT2D eigenvalue weighted by Gasteiger charge is -2.47. The van der Waals surface area contributed by atoms with Crippen molar-refractivity contribution in [3.63, 3.8) is 0 Å². The average molecular weight is 512 g/mol. The fourth-order valence-corrected chi connectivity index (χ4v) is 6.25. The lowest BCUT2D eigenvalue weighted by molar-refractivity contribution is -0.157. The fourth-order valence-electron chi connectivity index (χ4n) is 4.73. The molecule has 1 N–H and O–H groups in total. The van der Waals surface area contributed by atoms with Gasteiger partial charge in [-0.1, -0.05) is 46.3 Å². The number of nitrogens with one attached hydrogen (secondary N) is 1. The van der Waals surface area contributed by atoms with E-state index in [1.165, 1.54) is 26.1 Å². The standard InChI is InChI=1S/C25H26BrN3O2S/c1-25(2)24(31)29-12-11-28(15-20(29)23(30)27-25)14-19-18-5-3-4-6-21(18)32-22(19)13-16-7-9-17(26)10-8-16/h3-10,20H,11-15H2,1-2H3,(H,27,30). The minimum atomic E-state index is -0.822. The Labute approximate surface area is 200 Å². The van der Waals surface area contributed by atoms with Crippen LogP contribution in [0.1, 0.15) is 29.9 Å². The van der Waals surface area contributed by atoms with Crippen LogP contribution in [0.15, 0.2) is 53.0 Å². The Hall–Kier alpha value is -2.22. The van der Waals surface area contributed by atoms with E-state index in [0.29, 0.717) is 13.1 Å². The molecule has 3 heterocycles. The zero-order valence-electron chi connectivity index (χ0n) is 18.2. The number of thiophene rings is 1. The molecule has 166 valence electrons. The molecule has 2 saturated heterocycles. The summed E-state index contributed by atoms with van der Waals surface area (Å²) in [7, 11) is 0. The van der Waals surface area contributed by atoms with Gasteiger partial charge in [-0.25, -0.2) is 0 Å². The molecule has 2 amide bonds. The Bertz CT molecular complexity index is 1190. The van der Waals surface area contributed by atoms with Crippen molar-refractivity contribution in [2.24, 2.45) is 0 Å². The average Bonchev–Trinajstić information content (AvgIpc) is 3.10. The number of nitrogens with zero attached hydrogens (tertiary/aromatic N) is 2. The van der Waals surface area contributed by atoms with Crippen LogP contribution in [0.5, 0.6) is 0 Å². The summed E-state index contributed by atoms with van der Waals surface area (Å²) in [6.45, 7) is 6.27. The molecular formula is C25H26BrN3O2S. The Balaban J connectivity index is 1.41. The molecule has 2 aliphatic rings. The van der Waals surface area contributed by atoms with Gasteiger partial charge in [-0.2, -0.15) is 0 Å². The second kappa shape index (κ2) is 8.28. The highest BCUT2D eigenvalue weighted by molar-refractivity contribution is 9.10. The summed E-state index contributed by atoms with van der Waals surface area (Å²) in [5.74, 6) is -0.0387. The molecule has 1 atom stereocenters. The molecule has 0 radical (unpaired) electrons. The van der Waals surface area contributed by atoms with E-state index in [4.69, 9.17) is 0 Å². The zero-order chi connectivity index (χ0) is 22.5. The van der Waals surface area contributed by atoms with Crippen LogP contribution in [-0.2, 0) is 22.6 Å². The Morgan fingerprint density at radius 2 is 1.84 bits per heavy atom. The van der Waals surface area contributed by atoms with Crippen molar-refractivity contribution in [1.82, 2.24) is 15.1 Å².